The zero-order chi connectivity index (χ0) is 12.4. The van der Waals surface area contributed by atoms with Gasteiger partial charge in [0.15, 0.2) is 5.78 Å². The zero-order valence-electron chi connectivity index (χ0n) is 9.37. The summed E-state index contributed by atoms with van der Waals surface area (Å²) in [6.45, 7) is 1.85. The monoisotopic (exact) mass is 293 g/mol. The minimum Gasteiger partial charge on any atom is -0.329 e. The molecule has 0 aromatic heterocycles. The Labute approximate surface area is 108 Å². The molecule has 1 aromatic carbocycles. The molecule has 1 aliphatic rings. The second-order valence-corrected chi connectivity index (χ2v) is 5.05. The first-order valence-corrected chi connectivity index (χ1v) is 6.17. The fourth-order valence-electron chi connectivity index (χ4n) is 1.71. The van der Waals surface area contributed by atoms with Crippen molar-refractivity contribution in [1.82, 2.24) is 5.32 Å². The third-order valence-corrected chi connectivity index (χ3v) is 3.22. The molecule has 0 bridgehead atoms. The number of hydrogen-bond acceptors (Lipinski definition) is 2. The quantitative estimate of drug-likeness (QED) is 0.673. The fraction of sp³-hybridized carbons (Fsp3) is 0.231. The number of hydrogen-bond donors (Lipinski definition) is 1. The summed E-state index contributed by atoms with van der Waals surface area (Å²) >= 11 is 3.31. The number of benzene rings is 1. The van der Waals surface area contributed by atoms with E-state index < -0.39 is 0 Å². The van der Waals surface area contributed by atoms with Gasteiger partial charge in [-0.2, -0.15) is 0 Å². The van der Waals surface area contributed by atoms with Crippen molar-refractivity contribution >= 4 is 27.6 Å². The summed E-state index contributed by atoms with van der Waals surface area (Å²) in [5.41, 5.74) is 1.32. The third kappa shape index (κ3) is 2.82. The molecule has 1 aromatic rings. The topological polar surface area (TPSA) is 46.2 Å². The van der Waals surface area contributed by atoms with Crippen LogP contribution in [0.15, 0.2) is 40.5 Å². The highest BCUT2D eigenvalue weighted by Crippen LogP contribution is 2.18. The number of amides is 1. The Morgan fingerprint density at radius 2 is 2.06 bits per heavy atom. The van der Waals surface area contributed by atoms with E-state index in [2.05, 4.69) is 21.2 Å². The summed E-state index contributed by atoms with van der Waals surface area (Å²) in [6, 6.07) is 7.15. The lowest BCUT2D eigenvalue weighted by molar-refractivity contribution is -0.121. The first-order valence-electron chi connectivity index (χ1n) is 5.37. The SMILES string of the molecule is CC1CC(=CC(=O)c2ccc(Br)cc2)NC1=O. The minimum absolute atomic E-state index is 0.0140. The molecule has 1 fully saturated rings. The summed E-state index contributed by atoms with van der Waals surface area (Å²) < 4.78 is 0.935. The molecule has 1 heterocycles. The van der Waals surface area contributed by atoms with Crippen molar-refractivity contribution in [3.63, 3.8) is 0 Å². The van der Waals surface area contributed by atoms with E-state index in [4.69, 9.17) is 0 Å². The Kier molecular flexibility index (Phi) is 3.43. The first kappa shape index (κ1) is 12.0. The zero-order valence-corrected chi connectivity index (χ0v) is 11.0. The largest absolute Gasteiger partial charge is 0.329 e. The van der Waals surface area contributed by atoms with Crippen molar-refractivity contribution in [3.05, 3.63) is 46.1 Å². The Balaban J connectivity index is 2.14. The molecule has 1 unspecified atom stereocenters. The molecule has 1 N–H and O–H groups in total. The maximum Gasteiger partial charge on any atom is 0.227 e. The Morgan fingerprint density at radius 3 is 2.59 bits per heavy atom. The molecule has 1 aliphatic heterocycles. The summed E-state index contributed by atoms with van der Waals surface area (Å²) in [5.74, 6) is -0.138. The first-order chi connectivity index (χ1) is 8.06. The van der Waals surface area contributed by atoms with E-state index in [0.717, 1.165) is 4.47 Å². The molecular weight excluding hydrogens is 282 g/mol. The predicted octanol–water partition coefficient (Wildman–Crippen LogP) is 2.67. The second-order valence-electron chi connectivity index (χ2n) is 4.14. The van der Waals surface area contributed by atoms with Gasteiger partial charge < -0.3 is 5.32 Å². The number of ketones is 1. The molecule has 0 radical (unpaired) electrons. The van der Waals surface area contributed by atoms with Crippen LogP contribution in [0.25, 0.3) is 0 Å². The van der Waals surface area contributed by atoms with Crippen LogP contribution in [0.4, 0.5) is 0 Å². The van der Waals surface area contributed by atoms with E-state index in [-0.39, 0.29) is 17.6 Å². The number of carbonyl (C=O) groups excluding carboxylic acids is 2. The highest BCUT2D eigenvalue weighted by Gasteiger charge is 2.23. The van der Waals surface area contributed by atoms with Gasteiger partial charge >= 0.3 is 0 Å². The van der Waals surface area contributed by atoms with Crippen LogP contribution in [0.1, 0.15) is 23.7 Å². The fourth-order valence-corrected chi connectivity index (χ4v) is 1.97. The normalized spacial score (nSPS) is 21.6. The van der Waals surface area contributed by atoms with Gasteiger partial charge in [0.25, 0.3) is 0 Å². The van der Waals surface area contributed by atoms with Gasteiger partial charge in [0, 0.05) is 27.7 Å². The smallest absolute Gasteiger partial charge is 0.227 e. The van der Waals surface area contributed by atoms with Crippen molar-refractivity contribution in [2.24, 2.45) is 5.92 Å². The molecule has 0 aliphatic carbocycles. The lowest BCUT2D eigenvalue weighted by Gasteiger charge is -1.98. The van der Waals surface area contributed by atoms with Crippen LogP contribution in [0, 0.1) is 5.92 Å². The van der Waals surface area contributed by atoms with E-state index in [1.165, 1.54) is 6.08 Å². The molecule has 2 rings (SSSR count). The van der Waals surface area contributed by atoms with Crippen molar-refractivity contribution < 1.29 is 9.59 Å². The van der Waals surface area contributed by atoms with Gasteiger partial charge in [0.2, 0.25) is 5.91 Å². The number of halogens is 1. The van der Waals surface area contributed by atoms with Crippen molar-refractivity contribution in [2.45, 2.75) is 13.3 Å². The average Bonchev–Trinajstić information content (AvgIpc) is 2.58. The molecule has 3 nitrogen and oxygen atoms in total. The van der Waals surface area contributed by atoms with Gasteiger partial charge in [0.1, 0.15) is 0 Å². The number of nitrogens with one attached hydrogen (secondary N) is 1. The van der Waals surface area contributed by atoms with E-state index in [9.17, 15) is 9.59 Å². The molecule has 0 saturated carbocycles. The molecule has 1 saturated heterocycles. The van der Waals surface area contributed by atoms with E-state index in [1.54, 1.807) is 12.1 Å². The summed E-state index contributed by atoms with van der Waals surface area (Å²) in [4.78, 5) is 23.2. The highest BCUT2D eigenvalue weighted by molar-refractivity contribution is 9.10. The number of allylic oxidation sites excluding steroid dienone is 2. The van der Waals surface area contributed by atoms with Crippen molar-refractivity contribution in [1.29, 1.82) is 0 Å². The number of rotatable bonds is 2. The summed E-state index contributed by atoms with van der Waals surface area (Å²) in [5, 5.41) is 2.71. The number of carbonyl (C=O) groups is 2. The molecule has 0 spiro atoms. The maximum absolute atomic E-state index is 11.9. The summed E-state index contributed by atoms with van der Waals surface area (Å²) in [7, 11) is 0. The standard InChI is InChI=1S/C13H12BrNO2/c1-8-6-11(15-13(8)17)7-12(16)9-2-4-10(14)5-3-9/h2-5,7-8H,6H2,1H3,(H,15,17). The molecule has 88 valence electrons. The van der Waals surface area contributed by atoms with Crippen LogP contribution in [0.2, 0.25) is 0 Å². The summed E-state index contributed by atoms with van der Waals surface area (Å²) in [6.07, 6.45) is 2.12. The van der Waals surface area contributed by atoms with Crippen LogP contribution in [-0.2, 0) is 4.79 Å². The predicted molar refractivity (Wildman–Crippen MR) is 68.5 cm³/mol. The minimum atomic E-state index is -0.0816. The van der Waals surface area contributed by atoms with E-state index >= 15 is 0 Å². The van der Waals surface area contributed by atoms with Gasteiger partial charge in [0.05, 0.1) is 0 Å². The van der Waals surface area contributed by atoms with Crippen LogP contribution < -0.4 is 5.32 Å². The highest BCUT2D eigenvalue weighted by atomic mass is 79.9. The van der Waals surface area contributed by atoms with Gasteiger partial charge in [-0.05, 0) is 30.7 Å². The van der Waals surface area contributed by atoms with Gasteiger partial charge in [-0.15, -0.1) is 0 Å². The van der Waals surface area contributed by atoms with Gasteiger partial charge in [-0.25, -0.2) is 0 Å². The van der Waals surface area contributed by atoms with E-state index in [1.807, 2.05) is 19.1 Å². The van der Waals surface area contributed by atoms with Crippen LogP contribution in [0.5, 0.6) is 0 Å². The van der Waals surface area contributed by atoms with Crippen LogP contribution in [0.3, 0.4) is 0 Å². The molecule has 17 heavy (non-hydrogen) atoms. The Morgan fingerprint density at radius 1 is 1.41 bits per heavy atom. The third-order valence-electron chi connectivity index (χ3n) is 2.69. The van der Waals surface area contributed by atoms with Crippen LogP contribution in [-0.4, -0.2) is 11.7 Å². The lowest BCUT2D eigenvalue weighted by Crippen LogP contribution is -2.16. The lowest BCUT2D eigenvalue weighted by atomic mass is 10.1. The maximum atomic E-state index is 11.9. The Hall–Kier alpha value is -1.42. The van der Waals surface area contributed by atoms with Gasteiger partial charge in [-0.3, -0.25) is 9.59 Å². The Bertz CT molecular complexity index is 491. The van der Waals surface area contributed by atoms with Crippen molar-refractivity contribution in [3.8, 4) is 0 Å². The average molecular weight is 294 g/mol. The second kappa shape index (κ2) is 4.84. The van der Waals surface area contributed by atoms with Crippen molar-refractivity contribution in [2.75, 3.05) is 0 Å². The molecule has 1 atom stereocenters. The molecule has 1 amide bonds. The van der Waals surface area contributed by atoms with Gasteiger partial charge in [-0.1, -0.05) is 22.9 Å². The molecule has 4 heteroatoms. The van der Waals surface area contributed by atoms with Crippen LogP contribution >= 0.6 is 15.9 Å². The molecular formula is C13H12BrNO2. The van der Waals surface area contributed by atoms with E-state index in [0.29, 0.717) is 17.7 Å².